The van der Waals surface area contributed by atoms with Crippen LogP contribution in [0.3, 0.4) is 0 Å². The Bertz CT molecular complexity index is 573. The van der Waals surface area contributed by atoms with Crippen LogP contribution in [-0.4, -0.2) is 36.8 Å². The molecule has 1 saturated heterocycles. The molecule has 2 aromatic heterocycles. The maximum absolute atomic E-state index is 9.87. The molecule has 0 amide bonds. The van der Waals surface area contributed by atoms with Gasteiger partial charge in [-0.2, -0.15) is 0 Å². The summed E-state index contributed by atoms with van der Waals surface area (Å²) >= 11 is 5.94. The van der Waals surface area contributed by atoms with Crippen LogP contribution in [0.15, 0.2) is 12.7 Å². The minimum Gasteiger partial charge on any atom is -0.390 e. The predicted molar refractivity (Wildman–Crippen MR) is 65.2 cm³/mol. The molecule has 3 rings (SSSR count). The number of hydrogen-bond donors (Lipinski definition) is 1. The van der Waals surface area contributed by atoms with Crippen molar-refractivity contribution in [1.82, 2.24) is 19.5 Å². The van der Waals surface area contributed by atoms with Crippen molar-refractivity contribution in [3.05, 3.63) is 17.8 Å². The van der Waals surface area contributed by atoms with Gasteiger partial charge in [-0.25, -0.2) is 15.0 Å². The van der Waals surface area contributed by atoms with Gasteiger partial charge in [-0.1, -0.05) is 18.5 Å². The molecule has 18 heavy (non-hydrogen) atoms. The molecule has 1 N–H and O–H groups in total. The third-order valence-electron chi connectivity index (χ3n) is 3.23. The lowest BCUT2D eigenvalue weighted by atomic mass is 10.1. The molecule has 2 unspecified atom stereocenters. The van der Waals surface area contributed by atoms with E-state index >= 15 is 0 Å². The first-order valence-electron chi connectivity index (χ1n) is 5.87. The highest BCUT2D eigenvalue weighted by atomic mass is 35.5. The highest BCUT2D eigenvalue weighted by Crippen LogP contribution is 2.32. The van der Waals surface area contributed by atoms with Crippen LogP contribution in [0.5, 0.6) is 0 Å². The highest BCUT2D eigenvalue weighted by Gasteiger charge is 2.34. The van der Waals surface area contributed by atoms with Gasteiger partial charge in [0.15, 0.2) is 10.8 Å². The molecule has 96 valence electrons. The number of fused-ring (bicyclic) bond motifs is 1. The van der Waals surface area contributed by atoms with Gasteiger partial charge in [0, 0.05) is 6.42 Å². The molecule has 1 aliphatic rings. The van der Waals surface area contributed by atoms with Crippen molar-refractivity contribution >= 4 is 22.8 Å². The van der Waals surface area contributed by atoms with Gasteiger partial charge in [-0.05, 0) is 6.42 Å². The number of nitrogens with zero attached hydrogens (tertiary/aromatic N) is 4. The molecule has 7 heteroatoms. The SMILES string of the molecule is CCC1O[C@@H](n2cnc3c(Cl)ncnc32)CC1O. The minimum absolute atomic E-state index is 0.134. The third kappa shape index (κ3) is 1.77. The van der Waals surface area contributed by atoms with Gasteiger partial charge >= 0.3 is 0 Å². The van der Waals surface area contributed by atoms with Gasteiger partial charge in [0.25, 0.3) is 0 Å². The van der Waals surface area contributed by atoms with Crippen molar-refractivity contribution in [3.8, 4) is 0 Å². The fourth-order valence-electron chi connectivity index (χ4n) is 2.29. The van der Waals surface area contributed by atoms with E-state index in [0.717, 1.165) is 6.42 Å². The first-order chi connectivity index (χ1) is 8.70. The summed E-state index contributed by atoms with van der Waals surface area (Å²) in [6.07, 6.45) is 3.50. The monoisotopic (exact) mass is 268 g/mol. The summed E-state index contributed by atoms with van der Waals surface area (Å²) in [4.78, 5) is 12.2. The fourth-order valence-corrected chi connectivity index (χ4v) is 2.46. The molecular formula is C11H13ClN4O2. The van der Waals surface area contributed by atoms with E-state index in [-0.39, 0.29) is 12.3 Å². The van der Waals surface area contributed by atoms with E-state index in [0.29, 0.717) is 22.7 Å². The molecule has 2 aromatic rings. The van der Waals surface area contributed by atoms with Crippen LogP contribution in [0.25, 0.3) is 11.2 Å². The summed E-state index contributed by atoms with van der Waals surface area (Å²) in [7, 11) is 0. The summed E-state index contributed by atoms with van der Waals surface area (Å²) in [6.45, 7) is 1.99. The van der Waals surface area contributed by atoms with Gasteiger partial charge in [0.2, 0.25) is 0 Å². The van der Waals surface area contributed by atoms with Gasteiger partial charge in [0.05, 0.1) is 18.5 Å². The summed E-state index contributed by atoms with van der Waals surface area (Å²) in [5.74, 6) is 0. The number of aliphatic hydroxyl groups excluding tert-OH is 1. The van der Waals surface area contributed by atoms with Crippen molar-refractivity contribution in [2.45, 2.75) is 38.2 Å². The van der Waals surface area contributed by atoms with Crippen molar-refractivity contribution in [1.29, 1.82) is 0 Å². The number of aliphatic hydroxyl groups is 1. The number of aromatic nitrogens is 4. The highest BCUT2D eigenvalue weighted by molar-refractivity contribution is 6.33. The molecule has 3 heterocycles. The lowest BCUT2D eigenvalue weighted by Gasteiger charge is -2.13. The molecule has 0 saturated carbocycles. The number of halogens is 1. The molecule has 1 aliphatic heterocycles. The zero-order valence-corrected chi connectivity index (χ0v) is 10.6. The Morgan fingerprint density at radius 3 is 3.06 bits per heavy atom. The molecule has 0 radical (unpaired) electrons. The first-order valence-corrected chi connectivity index (χ1v) is 6.25. The Hall–Kier alpha value is -1.24. The fraction of sp³-hybridized carbons (Fsp3) is 0.545. The lowest BCUT2D eigenvalue weighted by Crippen LogP contribution is -2.19. The summed E-state index contributed by atoms with van der Waals surface area (Å²) < 4.78 is 7.58. The van der Waals surface area contributed by atoms with Crippen molar-refractivity contribution in [2.24, 2.45) is 0 Å². The zero-order chi connectivity index (χ0) is 12.7. The van der Waals surface area contributed by atoms with Crippen molar-refractivity contribution < 1.29 is 9.84 Å². The largest absolute Gasteiger partial charge is 0.390 e. The zero-order valence-electron chi connectivity index (χ0n) is 9.82. The average molecular weight is 269 g/mol. The maximum Gasteiger partial charge on any atom is 0.166 e. The molecule has 0 bridgehead atoms. The van der Waals surface area contributed by atoms with Crippen molar-refractivity contribution in [3.63, 3.8) is 0 Å². The second-order valence-electron chi connectivity index (χ2n) is 4.33. The normalized spacial score (nSPS) is 28.1. The summed E-state index contributed by atoms with van der Waals surface area (Å²) in [5, 5.41) is 10.2. The van der Waals surface area contributed by atoms with Crippen LogP contribution >= 0.6 is 11.6 Å². The Morgan fingerprint density at radius 2 is 2.33 bits per heavy atom. The summed E-state index contributed by atoms with van der Waals surface area (Å²) in [5.41, 5.74) is 1.18. The van der Waals surface area contributed by atoms with E-state index in [4.69, 9.17) is 16.3 Å². The molecule has 3 atom stereocenters. The van der Waals surface area contributed by atoms with Crippen LogP contribution < -0.4 is 0 Å². The van der Waals surface area contributed by atoms with Gasteiger partial charge < -0.3 is 9.84 Å². The van der Waals surface area contributed by atoms with Crippen molar-refractivity contribution in [2.75, 3.05) is 0 Å². The van der Waals surface area contributed by atoms with E-state index < -0.39 is 6.10 Å². The number of rotatable bonds is 2. The molecule has 1 fully saturated rings. The second-order valence-corrected chi connectivity index (χ2v) is 4.69. The molecule has 0 aromatic carbocycles. The van der Waals surface area contributed by atoms with E-state index in [1.807, 2.05) is 6.92 Å². The number of ether oxygens (including phenoxy) is 1. The second kappa shape index (κ2) is 4.46. The standard InChI is InChI=1S/C11H13ClN4O2/c1-2-7-6(17)3-8(18-7)16-5-15-9-10(12)13-4-14-11(9)16/h4-8,17H,2-3H2,1H3/t6?,7?,8-/m1/s1. The average Bonchev–Trinajstić information content (AvgIpc) is 2.93. The molecule has 0 aliphatic carbocycles. The number of hydrogen-bond acceptors (Lipinski definition) is 5. The van der Waals surface area contributed by atoms with Crippen LogP contribution in [-0.2, 0) is 4.74 Å². The van der Waals surface area contributed by atoms with E-state index in [1.165, 1.54) is 6.33 Å². The Kier molecular flexibility index (Phi) is 2.93. The smallest absolute Gasteiger partial charge is 0.166 e. The van der Waals surface area contributed by atoms with Crippen LogP contribution in [0.4, 0.5) is 0 Å². The molecule has 0 spiro atoms. The lowest BCUT2D eigenvalue weighted by molar-refractivity contribution is -0.0183. The number of imidazole rings is 1. The first kappa shape index (κ1) is 11.8. The predicted octanol–water partition coefficient (Wildman–Crippen LogP) is 1.54. The minimum atomic E-state index is -0.449. The summed E-state index contributed by atoms with van der Waals surface area (Å²) in [6, 6.07) is 0. The topological polar surface area (TPSA) is 73.1 Å². The van der Waals surface area contributed by atoms with Gasteiger partial charge in [0.1, 0.15) is 18.1 Å². The van der Waals surface area contributed by atoms with E-state index in [9.17, 15) is 5.11 Å². The Morgan fingerprint density at radius 1 is 1.50 bits per heavy atom. The molecule has 6 nitrogen and oxygen atoms in total. The quantitative estimate of drug-likeness (QED) is 0.837. The Labute approximate surface area is 109 Å². The van der Waals surface area contributed by atoms with E-state index in [2.05, 4.69) is 15.0 Å². The third-order valence-corrected chi connectivity index (χ3v) is 3.51. The molecular weight excluding hydrogens is 256 g/mol. The van der Waals surface area contributed by atoms with Crippen LogP contribution in [0.2, 0.25) is 5.15 Å². The maximum atomic E-state index is 9.87. The Balaban J connectivity index is 1.99. The van der Waals surface area contributed by atoms with Crippen LogP contribution in [0, 0.1) is 0 Å². The van der Waals surface area contributed by atoms with Gasteiger partial charge in [-0.3, -0.25) is 4.57 Å². The van der Waals surface area contributed by atoms with Gasteiger partial charge in [-0.15, -0.1) is 0 Å². The van der Waals surface area contributed by atoms with E-state index in [1.54, 1.807) is 10.9 Å². The van der Waals surface area contributed by atoms with Crippen LogP contribution in [0.1, 0.15) is 26.0 Å².